The molecule has 0 bridgehead atoms. The maximum absolute atomic E-state index is 11.8. The molecule has 19 heavy (non-hydrogen) atoms. The Kier molecular flexibility index (Phi) is 8.95. The molecule has 1 unspecified atom stereocenters. The van der Waals surface area contributed by atoms with Crippen LogP contribution in [-0.2, 0) is 9.53 Å². The Labute approximate surface area is 115 Å². The molecule has 0 saturated carbocycles. The number of carbonyl (C=O) groups excluding carboxylic acids is 1. The van der Waals surface area contributed by atoms with Gasteiger partial charge in [0, 0.05) is 27.3 Å². The quantitative estimate of drug-likeness (QED) is 0.625. The van der Waals surface area contributed by atoms with E-state index in [1.54, 1.807) is 14.2 Å². The molecule has 1 atom stereocenters. The lowest BCUT2D eigenvalue weighted by atomic mass is 10.1. The monoisotopic (exact) mass is 274 g/mol. The van der Waals surface area contributed by atoms with Crippen LogP contribution in [0.3, 0.4) is 0 Å². The zero-order valence-corrected chi connectivity index (χ0v) is 12.3. The SMILES string of the molecule is COCCCC(NC(=O)N(C)CCC(C)C)C(=O)O. The topological polar surface area (TPSA) is 78.9 Å². The number of amides is 2. The number of urea groups is 1. The number of methoxy groups -OCH3 is 1. The number of rotatable bonds is 9. The third-order valence-corrected chi connectivity index (χ3v) is 2.83. The van der Waals surface area contributed by atoms with E-state index in [4.69, 9.17) is 9.84 Å². The summed E-state index contributed by atoms with van der Waals surface area (Å²) in [5, 5.41) is 11.6. The average Bonchev–Trinajstić information content (AvgIpc) is 2.34. The van der Waals surface area contributed by atoms with Crippen LogP contribution in [0.4, 0.5) is 4.79 Å². The Morgan fingerprint density at radius 1 is 1.32 bits per heavy atom. The Bertz CT molecular complexity index is 282. The fourth-order valence-corrected chi connectivity index (χ4v) is 1.50. The summed E-state index contributed by atoms with van der Waals surface area (Å²) in [4.78, 5) is 24.4. The van der Waals surface area contributed by atoms with Gasteiger partial charge in [0.15, 0.2) is 0 Å². The number of carbonyl (C=O) groups is 2. The molecule has 0 aliphatic carbocycles. The summed E-state index contributed by atoms with van der Waals surface area (Å²) in [6.45, 7) is 5.27. The summed E-state index contributed by atoms with van der Waals surface area (Å²) in [6.07, 6.45) is 1.86. The lowest BCUT2D eigenvalue weighted by Gasteiger charge is -2.22. The summed E-state index contributed by atoms with van der Waals surface area (Å²) < 4.78 is 4.87. The average molecular weight is 274 g/mol. The number of aliphatic carboxylic acids is 1. The zero-order chi connectivity index (χ0) is 14.8. The fraction of sp³-hybridized carbons (Fsp3) is 0.846. The van der Waals surface area contributed by atoms with Crippen LogP contribution >= 0.6 is 0 Å². The molecule has 0 aromatic heterocycles. The van der Waals surface area contributed by atoms with Crippen molar-refractivity contribution in [2.24, 2.45) is 5.92 Å². The second kappa shape index (κ2) is 9.61. The fourth-order valence-electron chi connectivity index (χ4n) is 1.50. The first-order valence-electron chi connectivity index (χ1n) is 6.61. The molecule has 0 radical (unpaired) electrons. The maximum Gasteiger partial charge on any atom is 0.326 e. The van der Waals surface area contributed by atoms with Gasteiger partial charge in [-0.25, -0.2) is 9.59 Å². The van der Waals surface area contributed by atoms with E-state index in [0.29, 0.717) is 31.9 Å². The molecule has 0 aliphatic heterocycles. The van der Waals surface area contributed by atoms with Crippen molar-refractivity contribution in [1.29, 1.82) is 0 Å². The van der Waals surface area contributed by atoms with Gasteiger partial charge in [-0.3, -0.25) is 0 Å². The Balaban J connectivity index is 4.18. The van der Waals surface area contributed by atoms with Crippen molar-refractivity contribution < 1.29 is 19.4 Å². The predicted octanol–water partition coefficient (Wildman–Crippen LogP) is 1.55. The summed E-state index contributed by atoms with van der Waals surface area (Å²) in [7, 11) is 3.24. The van der Waals surface area contributed by atoms with Gasteiger partial charge < -0.3 is 20.1 Å². The lowest BCUT2D eigenvalue weighted by molar-refractivity contribution is -0.139. The molecule has 0 saturated heterocycles. The van der Waals surface area contributed by atoms with E-state index < -0.39 is 12.0 Å². The van der Waals surface area contributed by atoms with Crippen molar-refractivity contribution in [2.45, 2.75) is 39.2 Å². The standard InChI is InChI=1S/C13H26N2O4/c1-10(2)7-8-15(3)13(18)14-11(12(16)17)6-5-9-19-4/h10-11H,5-9H2,1-4H3,(H,14,18)(H,16,17). The van der Waals surface area contributed by atoms with E-state index in [9.17, 15) is 9.59 Å². The minimum atomic E-state index is -1.01. The van der Waals surface area contributed by atoms with Gasteiger partial charge in [0.05, 0.1) is 0 Å². The first kappa shape index (κ1) is 17.7. The van der Waals surface area contributed by atoms with Crippen molar-refractivity contribution in [1.82, 2.24) is 10.2 Å². The number of nitrogens with one attached hydrogen (secondary N) is 1. The second-order valence-corrected chi connectivity index (χ2v) is 5.08. The van der Waals surface area contributed by atoms with E-state index in [2.05, 4.69) is 19.2 Å². The molecule has 6 nitrogen and oxygen atoms in total. The Hall–Kier alpha value is -1.30. The number of carboxylic acids is 1. The van der Waals surface area contributed by atoms with Crippen molar-refractivity contribution >= 4 is 12.0 Å². The summed E-state index contributed by atoms with van der Waals surface area (Å²) in [6, 6.07) is -1.20. The number of hydrogen-bond acceptors (Lipinski definition) is 3. The molecule has 2 amide bonds. The van der Waals surface area contributed by atoms with E-state index >= 15 is 0 Å². The Morgan fingerprint density at radius 3 is 2.42 bits per heavy atom. The van der Waals surface area contributed by atoms with Crippen LogP contribution in [0.1, 0.15) is 33.1 Å². The van der Waals surface area contributed by atoms with E-state index in [1.807, 2.05) is 0 Å². The number of nitrogens with zero attached hydrogens (tertiary/aromatic N) is 1. The summed E-state index contributed by atoms with van der Waals surface area (Å²) in [5.74, 6) is -0.506. The van der Waals surface area contributed by atoms with Crippen molar-refractivity contribution in [3.8, 4) is 0 Å². The van der Waals surface area contributed by atoms with Crippen LogP contribution < -0.4 is 5.32 Å². The highest BCUT2D eigenvalue weighted by atomic mass is 16.5. The largest absolute Gasteiger partial charge is 0.480 e. The minimum Gasteiger partial charge on any atom is -0.480 e. The maximum atomic E-state index is 11.8. The smallest absolute Gasteiger partial charge is 0.326 e. The van der Waals surface area contributed by atoms with Gasteiger partial charge in [-0.1, -0.05) is 13.8 Å². The normalized spacial score (nSPS) is 12.3. The molecular weight excluding hydrogens is 248 g/mol. The lowest BCUT2D eigenvalue weighted by Crippen LogP contribution is -2.47. The van der Waals surface area contributed by atoms with Crippen LogP contribution in [0.5, 0.6) is 0 Å². The molecule has 0 aromatic carbocycles. The number of hydrogen-bond donors (Lipinski definition) is 2. The van der Waals surface area contributed by atoms with Gasteiger partial charge in [0.2, 0.25) is 0 Å². The van der Waals surface area contributed by atoms with Crippen molar-refractivity contribution in [2.75, 3.05) is 27.3 Å². The van der Waals surface area contributed by atoms with Crippen LogP contribution in [0.25, 0.3) is 0 Å². The third-order valence-electron chi connectivity index (χ3n) is 2.83. The highest BCUT2D eigenvalue weighted by Crippen LogP contribution is 2.03. The van der Waals surface area contributed by atoms with Crippen molar-refractivity contribution in [3.05, 3.63) is 0 Å². The van der Waals surface area contributed by atoms with Gasteiger partial charge in [0.1, 0.15) is 6.04 Å². The molecule has 112 valence electrons. The first-order valence-corrected chi connectivity index (χ1v) is 6.61. The number of ether oxygens (including phenoxy) is 1. The molecule has 0 spiro atoms. The predicted molar refractivity (Wildman–Crippen MR) is 73.2 cm³/mol. The molecular formula is C13H26N2O4. The van der Waals surface area contributed by atoms with Crippen LogP contribution in [0.2, 0.25) is 0 Å². The van der Waals surface area contributed by atoms with E-state index in [-0.39, 0.29) is 6.03 Å². The van der Waals surface area contributed by atoms with Gasteiger partial charge in [-0.15, -0.1) is 0 Å². The molecule has 0 rings (SSSR count). The highest BCUT2D eigenvalue weighted by Gasteiger charge is 2.21. The molecule has 0 aromatic rings. The second-order valence-electron chi connectivity index (χ2n) is 5.08. The van der Waals surface area contributed by atoms with E-state index in [1.165, 1.54) is 4.90 Å². The minimum absolute atomic E-state index is 0.342. The molecule has 0 aliphatic rings. The van der Waals surface area contributed by atoms with Crippen LogP contribution in [0, 0.1) is 5.92 Å². The summed E-state index contributed by atoms with van der Waals surface area (Å²) >= 11 is 0. The third kappa shape index (κ3) is 8.42. The van der Waals surface area contributed by atoms with Crippen LogP contribution in [-0.4, -0.2) is 55.4 Å². The molecule has 2 N–H and O–H groups in total. The molecule has 0 heterocycles. The Morgan fingerprint density at radius 2 is 1.95 bits per heavy atom. The van der Waals surface area contributed by atoms with Crippen LogP contribution in [0.15, 0.2) is 0 Å². The van der Waals surface area contributed by atoms with Gasteiger partial charge in [-0.2, -0.15) is 0 Å². The number of carboxylic acid groups (broad SMARTS) is 1. The van der Waals surface area contributed by atoms with E-state index in [0.717, 1.165) is 6.42 Å². The van der Waals surface area contributed by atoms with Crippen molar-refractivity contribution in [3.63, 3.8) is 0 Å². The highest BCUT2D eigenvalue weighted by molar-refractivity contribution is 5.82. The first-order chi connectivity index (χ1) is 8.88. The molecule has 6 heteroatoms. The summed E-state index contributed by atoms with van der Waals surface area (Å²) in [5.41, 5.74) is 0. The van der Waals surface area contributed by atoms with Gasteiger partial charge in [0.25, 0.3) is 0 Å². The van der Waals surface area contributed by atoms with Gasteiger partial charge >= 0.3 is 12.0 Å². The zero-order valence-electron chi connectivity index (χ0n) is 12.3. The molecule has 0 fully saturated rings. The van der Waals surface area contributed by atoms with Gasteiger partial charge in [-0.05, 0) is 25.2 Å².